The molecule has 2 heterocycles. The number of nitrogens with zero attached hydrogens (tertiary/aromatic N) is 2. The number of pyridine rings is 1. The van der Waals surface area contributed by atoms with E-state index in [0.29, 0.717) is 41.1 Å². The molecule has 0 spiro atoms. The van der Waals surface area contributed by atoms with Gasteiger partial charge in [0.05, 0.1) is 12.3 Å². The fourth-order valence-corrected chi connectivity index (χ4v) is 3.48. The van der Waals surface area contributed by atoms with Gasteiger partial charge in [-0.15, -0.1) is 11.3 Å². The standard InChI is InChI=1S/C19H19FN4OS2/c1-2-25-17-7-3-6-15(20)14(17)8-10-22-18(26)24-19-23-16(12-27-19)13-5-4-9-21-11-13/h3-7,9,11-12H,2,8,10H2,1H3,(H2,22,23,24,26). The number of ether oxygens (including phenoxy) is 1. The highest BCUT2D eigenvalue weighted by atomic mass is 32.1. The van der Waals surface area contributed by atoms with Crippen molar-refractivity contribution in [3.05, 3.63) is 59.5 Å². The van der Waals surface area contributed by atoms with Crippen LogP contribution in [-0.2, 0) is 6.42 Å². The van der Waals surface area contributed by atoms with Crippen LogP contribution in [0.4, 0.5) is 9.52 Å². The molecule has 0 aliphatic rings. The predicted molar refractivity (Wildman–Crippen MR) is 111 cm³/mol. The number of thiocarbonyl (C=S) groups is 1. The molecule has 140 valence electrons. The zero-order valence-electron chi connectivity index (χ0n) is 14.7. The van der Waals surface area contributed by atoms with Crippen LogP contribution >= 0.6 is 23.6 Å². The molecule has 27 heavy (non-hydrogen) atoms. The summed E-state index contributed by atoms with van der Waals surface area (Å²) in [5.74, 6) is 0.293. The third-order valence-electron chi connectivity index (χ3n) is 3.72. The summed E-state index contributed by atoms with van der Waals surface area (Å²) in [7, 11) is 0. The fraction of sp³-hybridized carbons (Fsp3) is 0.211. The molecule has 1 aromatic carbocycles. The molecule has 0 bridgehead atoms. The number of benzene rings is 1. The summed E-state index contributed by atoms with van der Waals surface area (Å²) in [5.41, 5.74) is 2.33. The largest absolute Gasteiger partial charge is 0.493 e. The zero-order valence-corrected chi connectivity index (χ0v) is 16.4. The number of rotatable bonds is 7. The molecular weight excluding hydrogens is 383 g/mol. The van der Waals surface area contributed by atoms with Gasteiger partial charge in [-0.05, 0) is 49.8 Å². The lowest BCUT2D eigenvalue weighted by atomic mass is 10.1. The molecule has 3 rings (SSSR count). The second-order valence-corrected chi connectivity index (χ2v) is 6.83. The van der Waals surface area contributed by atoms with Crippen LogP contribution in [0, 0.1) is 5.82 Å². The normalized spacial score (nSPS) is 10.4. The van der Waals surface area contributed by atoms with E-state index in [9.17, 15) is 4.39 Å². The molecule has 0 fully saturated rings. The van der Waals surface area contributed by atoms with Crippen molar-refractivity contribution in [2.24, 2.45) is 0 Å². The smallest absolute Gasteiger partial charge is 0.189 e. The first-order chi connectivity index (χ1) is 13.2. The highest BCUT2D eigenvalue weighted by molar-refractivity contribution is 7.80. The van der Waals surface area contributed by atoms with Crippen LogP contribution in [0.3, 0.4) is 0 Å². The molecule has 2 aromatic heterocycles. The van der Waals surface area contributed by atoms with E-state index >= 15 is 0 Å². The van der Waals surface area contributed by atoms with E-state index in [4.69, 9.17) is 17.0 Å². The van der Waals surface area contributed by atoms with Crippen LogP contribution in [0.2, 0.25) is 0 Å². The lowest BCUT2D eigenvalue weighted by Gasteiger charge is -2.12. The Balaban J connectivity index is 1.53. The summed E-state index contributed by atoms with van der Waals surface area (Å²) in [4.78, 5) is 8.59. The quantitative estimate of drug-likeness (QED) is 0.576. The van der Waals surface area contributed by atoms with Crippen LogP contribution in [0.15, 0.2) is 48.1 Å². The van der Waals surface area contributed by atoms with Gasteiger partial charge in [-0.2, -0.15) is 0 Å². The van der Waals surface area contributed by atoms with Gasteiger partial charge < -0.3 is 15.4 Å². The van der Waals surface area contributed by atoms with E-state index in [-0.39, 0.29) is 5.82 Å². The third-order valence-corrected chi connectivity index (χ3v) is 4.72. The van der Waals surface area contributed by atoms with Crippen LogP contribution in [0.1, 0.15) is 12.5 Å². The van der Waals surface area contributed by atoms with Crippen molar-refractivity contribution in [3.8, 4) is 17.0 Å². The molecule has 0 amide bonds. The molecule has 0 saturated carbocycles. The van der Waals surface area contributed by atoms with E-state index in [2.05, 4.69) is 20.6 Å². The molecule has 8 heteroatoms. The minimum atomic E-state index is -0.275. The molecule has 0 unspecified atom stereocenters. The molecule has 3 aromatic rings. The molecule has 0 aliphatic heterocycles. The van der Waals surface area contributed by atoms with Crippen molar-refractivity contribution in [3.63, 3.8) is 0 Å². The molecule has 0 aliphatic carbocycles. The number of halogens is 1. The Morgan fingerprint density at radius 2 is 2.19 bits per heavy atom. The Morgan fingerprint density at radius 3 is 2.96 bits per heavy atom. The summed E-state index contributed by atoms with van der Waals surface area (Å²) in [5, 5.41) is 9.20. The molecule has 2 N–H and O–H groups in total. The number of hydrogen-bond donors (Lipinski definition) is 2. The third kappa shape index (κ3) is 5.21. The highest BCUT2D eigenvalue weighted by Gasteiger charge is 2.10. The maximum atomic E-state index is 14.0. The van der Waals surface area contributed by atoms with Gasteiger partial charge >= 0.3 is 0 Å². The van der Waals surface area contributed by atoms with Crippen molar-refractivity contribution in [1.29, 1.82) is 0 Å². The van der Waals surface area contributed by atoms with Crippen LogP contribution < -0.4 is 15.4 Å². The summed E-state index contributed by atoms with van der Waals surface area (Å²) < 4.78 is 19.5. The summed E-state index contributed by atoms with van der Waals surface area (Å²) >= 11 is 6.76. The Bertz CT molecular complexity index is 902. The minimum Gasteiger partial charge on any atom is -0.493 e. The first kappa shape index (κ1) is 19.2. The SMILES string of the molecule is CCOc1cccc(F)c1CCNC(=S)Nc1nc(-c2cccnc2)cs1. The number of hydrogen-bond acceptors (Lipinski definition) is 5. The van der Waals surface area contributed by atoms with Gasteiger partial charge in [0, 0.05) is 35.4 Å². The second-order valence-electron chi connectivity index (χ2n) is 5.56. The predicted octanol–water partition coefficient (Wildman–Crippen LogP) is 4.27. The minimum absolute atomic E-state index is 0.275. The molecule has 0 radical (unpaired) electrons. The van der Waals surface area contributed by atoms with Crippen molar-refractivity contribution >= 4 is 33.8 Å². The monoisotopic (exact) mass is 402 g/mol. The number of thiazole rings is 1. The van der Waals surface area contributed by atoms with Crippen molar-refractivity contribution < 1.29 is 9.13 Å². The van der Waals surface area contributed by atoms with Crippen molar-refractivity contribution in [2.75, 3.05) is 18.5 Å². The lowest BCUT2D eigenvalue weighted by molar-refractivity contribution is 0.333. The van der Waals surface area contributed by atoms with Gasteiger partial charge in [-0.25, -0.2) is 9.37 Å². The number of nitrogens with one attached hydrogen (secondary N) is 2. The first-order valence-corrected chi connectivity index (χ1v) is 9.77. The maximum Gasteiger partial charge on any atom is 0.189 e. The molecule has 0 saturated heterocycles. The number of aromatic nitrogens is 2. The summed E-state index contributed by atoms with van der Waals surface area (Å²) in [6.45, 7) is 2.85. The van der Waals surface area contributed by atoms with E-state index in [1.54, 1.807) is 24.5 Å². The Morgan fingerprint density at radius 1 is 1.30 bits per heavy atom. The highest BCUT2D eigenvalue weighted by Crippen LogP contribution is 2.24. The maximum absolute atomic E-state index is 14.0. The van der Waals surface area contributed by atoms with Gasteiger partial charge in [0.25, 0.3) is 0 Å². The Hall–Kier alpha value is -2.58. The van der Waals surface area contributed by atoms with Crippen molar-refractivity contribution in [2.45, 2.75) is 13.3 Å². The van der Waals surface area contributed by atoms with Gasteiger partial charge in [0.2, 0.25) is 0 Å². The molecular formula is C19H19FN4OS2. The van der Waals surface area contributed by atoms with E-state index < -0.39 is 0 Å². The Kier molecular flexibility index (Phi) is 6.67. The second kappa shape index (κ2) is 9.38. The molecule has 5 nitrogen and oxygen atoms in total. The van der Waals surface area contributed by atoms with Crippen molar-refractivity contribution in [1.82, 2.24) is 15.3 Å². The number of anilines is 1. The Labute approximate surface area is 166 Å². The fourth-order valence-electron chi connectivity index (χ4n) is 2.49. The lowest BCUT2D eigenvalue weighted by Crippen LogP contribution is -2.30. The van der Waals surface area contributed by atoms with E-state index in [1.165, 1.54) is 17.4 Å². The summed E-state index contributed by atoms with van der Waals surface area (Å²) in [6, 6.07) is 8.67. The first-order valence-electron chi connectivity index (χ1n) is 8.48. The summed E-state index contributed by atoms with van der Waals surface area (Å²) in [6.07, 6.45) is 3.95. The topological polar surface area (TPSA) is 59.1 Å². The average Bonchev–Trinajstić information content (AvgIpc) is 3.13. The zero-order chi connectivity index (χ0) is 19.1. The average molecular weight is 403 g/mol. The molecule has 0 atom stereocenters. The van der Waals surface area contributed by atoms with Crippen LogP contribution in [0.5, 0.6) is 5.75 Å². The van der Waals surface area contributed by atoms with E-state index in [0.717, 1.165) is 11.3 Å². The van der Waals surface area contributed by atoms with Crippen LogP contribution in [0.25, 0.3) is 11.3 Å². The van der Waals surface area contributed by atoms with Gasteiger partial charge in [-0.1, -0.05) is 6.07 Å². The van der Waals surface area contributed by atoms with Gasteiger partial charge in [0.15, 0.2) is 10.2 Å². The van der Waals surface area contributed by atoms with Crippen LogP contribution in [-0.4, -0.2) is 28.2 Å². The van der Waals surface area contributed by atoms with Gasteiger partial charge in [-0.3, -0.25) is 4.98 Å². The van der Waals surface area contributed by atoms with E-state index in [1.807, 2.05) is 24.4 Å². The van der Waals surface area contributed by atoms with Gasteiger partial charge in [0.1, 0.15) is 11.6 Å².